The number of hydrogen-bond donors (Lipinski definition) is 3. The first-order valence-corrected chi connectivity index (χ1v) is 5.94. The van der Waals surface area contributed by atoms with Crippen molar-refractivity contribution in [3.05, 3.63) is 53.7 Å². The minimum Gasteiger partial charge on any atom is -0.465 e. The van der Waals surface area contributed by atoms with Gasteiger partial charge in [0.1, 0.15) is 5.82 Å². The number of hydrogen-bond acceptors (Lipinski definition) is 3. The number of anilines is 2. The monoisotopic (exact) mass is 257 g/mol. The van der Waals surface area contributed by atoms with Crippen molar-refractivity contribution >= 4 is 17.6 Å². The Balaban J connectivity index is 2.01. The fourth-order valence-electron chi connectivity index (χ4n) is 1.82. The van der Waals surface area contributed by atoms with Gasteiger partial charge in [0.05, 0.1) is 0 Å². The second-order valence-corrected chi connectivity index (χ2v) is 4.19. The molecule has 0 aliphatic rings. The molecule has 1 heterocycles. The lowest BCUT2D eigenvalue weighted by Crippen LogP contribution is -2.09. The molecule has 1 aromatic heterocycles. The molecule has 0 aliphatic heterocycles. The molecule has 0 bridgehead atoms. The van der Waals surface area contributed by atoms with Crippen LogP contribution in [0, 0.1) is 0 Å². The molecular formula is C14H15N3O2. The molecule has 0 unspecified atom stereocenters. The molecule has 19 heavy (non-hydrogen) atoms. The van der Waals surface area contributed by atoms with E-state index in [0.29, 0.717) is 5.82 Å². The summed E-state index contributed by atoms with van der Waals surface area (Å²) in [6.45, 7) is 0. The summed E-state index contributed by atoms with van der Waals surface area (Å²) in [6.07, 6.45) is 0.438. The molecule has 0 radical (unpaired) electrons. The van der Waals surface area contributed by atoms with E-state index in [1.165, 1.54) is 0 Å². The van der Waals surface area contributed by atoms with Crippen LogP contribution in [-0.2, 0) is 12.8 Å². The topological polar surface area (TPSA) is 88.2 Å². The Hall–Kier alpha value is -2.56. The maximum atomic E-state index is 10.5. The molecule has 0 aliphatic carbocycles. The lowest BCUT2D eigenvalue weighted by atomic mass is 10.1. The van der Waals surface area contributed by atoms with Crippen LogP contribution >= 0.6 is 0 Å². The smallest absolute Gasteiger partial charge is 0.410 e. The van der Waals surface area contributed by atoms with Gasteiger partial charge < -0.3 is 10.8 Å². The lowest BCUT2D eigenvalue weighted by molar-refractivity contribution is 0.209. The Labute approximate surface area is 111 Å². The van der Waals surface area contributed by atoms with Crippen LogP contribution in [-0.4, -0.2) is 16.2 Å². The zero-order valence-electron chi connectivity index (χ0n) is 10.3. The van der Waals surface area contributed by atoms with Crippen molar-refractivity contribution in [2.45, 2.75) is 12.8 Å². The Morgan fingerprint density at radius 2 is 2.00 bits per heavy atom. The highest BCUT2D eigenvalue weighted by Crippen LogP contribution is 2.11. The van der Waals surface area contributed by atoms with Crippen molar-refractivity contribution in [2.75, 3.05) is 11.1 Å². The maximum absolute atomic E-state index is 10.5. The average Bonchev–Trinajstić information content (AvgIpc) is 2.36. The van der Waals surface area contributed by atoms with Gasteiger partial charge in [-0.05, 0) is 42.7 Å². The van der Waals surface area contributed by atoms with Crippen LogP contribution < -0.4 is 11.1 Å². The van der Waals surface area contributed by atoms with Crippen molar-refractivity contribution in [1.29, 1.82) is 0 Å². The van der Waals surface area contributed by atoms with Crippen LogP contribution in [0.2, 0.25) is 0 Å². The third-order valence-electron chi connectivity index (χ3n) is 2.66. The van der Waals surface area contributed by atoms with Gasteiger partial charge in [0, 0.05) is 11.4 Å². The third kappa shape index (κ3) is 3.99. The first kappa shape index (κ1) is 12.9. The zero-order chi connectivity index (χ0) is 13.7. The van der Waals surface area contributed by atoms with E-state index >= 15 is 0 Å². The fraction of sp³-hybridized carbons (Fsp3) is 0.143. The molecule has 5 nitrogen and oxygen atoms in total. The highest BCUT2D eigenvalue weighted by atomic mass is 16.4. The zero-order valence-corrected chi connectivity index (χ0v) is 10.3. The van der Waals surface area contributed by atoms with Crippen LogP contribution in [0.25, 0.3) is 0 Å². The number of nitrogens with zero attached hydrogens (tertiary/aromatic N) is 1. The summed E-state index contributed by atoms with van der Waals surface area (Å²) in [7, 11) is 0. The molecular weight excluding hydrogens is 242 g/mol. The second-order valence-electron chi connectivity index (χ2n) is 4.19. The van der Waals surface area contributed by atoms with E-state index in [-0.39, 0.29) is 0 Å². The number of carbonyl (C=O) groups is 1. The number of amides is 1. The molecule has 0 atom stereocenters. The molecule has 4 N–H and O–H groups in total. The summed E-state index contributed by atoms with van der Waals surface area (Å²) in [5.74, 6) is 0.345. The molecule has 98 valence electrons. The summed E-state index contributed by atoms with van der Waals surface area (Å²) in [6, 6.07) is 13.0. The van der Waals surface area contributed by atoms with E-state index < -0.39 is 6.09 Å². The largest absolute Gasteiger partial charge is 0.465 e. The van der Waals surface area contributed by atoms with Crippen molar-refractivity contribution in [3.8, 4) is 0 Å². The molecule has 0 saturated heterocycles. The van der Waals surface area contributed by atoms with Crippen LogP contribution in [0.3, 0.4) is 0 Å². The molecule has 5 heteroatoms. The molecule has 2 rings (SSSR count). The molecule has 0 spiro atoms. The number of pyridine rings is 1. The Morgan fingerprint density at radius 3 is 2.74 bits per heavy atom. The first-order valence-electron chi connectivity index (χ1n) is 5.94. The van der Waals surface area contributed by atoms with E-state index in [0.717, 1.165) is 29.8 Å². The van der Waals surface area contributed by atoms with Crippen LogP contribution in [0.4, 0.5) is 16.3 Å². The minimum absolute atomic E-state index is 0.345. The number of benzene rings is 1. The Kier molecular flexibility index (Phi) is 3.97. The van der Waals surface area contributed by atoms with Gasteiger partial charge in [-0.25, -0.2) is 9.78 Å². The van der Waals surface area contributed by atoms with Gasteiger partial charge in [0.2, 0.25) is 0 Å². The predicted molar refractivity (Wildman–Crippen MR) is 74.1 cm³/mol. The first-order chi connectivity index (χ1) is 9.13. The van der Waals surface area contributed by atoms with Gasteiger partial charge >= 0.3 is 6.09 Å². The summed E-state index contributed by atoms with van der Waals surface area (Å²) in [4.78, 5) is 14.8. The van der Waals surface area contributed by atoms with E-state index in [9.17, 15) is 4.79 Å². The molecule has 2 aromatic rings. The van der Waals surface area contributed by atoms with Crippen molar-refractivity contribution in [1.82, 2.24) is 4.98 Å². The van der Waals surface area contributed by atoms with Crippen LogP contribution in [0.5, 0.6) is 0 Å². The predicted octanol–water partition coefficient (Wildman–Crippen LogP) is 2.54. The van der Waals surface area contributed by atoms with E-state index in [1.54, 1.807) is 12.1 Å². The Morgan fingerprint density at radius 1 is 1.21 bits per heavy atom. The molecule has 1 aromatic carbocycles. The third-order valence-corrected chi connectivity index (χ3v) is 2.66. The number of aryl methyl sites for hydroxylation is 2. The van der Waals surface area contributed by atoms with Crippen molar-refractivity contribution in [3.63, 3.8) is 0 Å². The molecule has 0 fully saturated rings. The van der Waals surface area contributed by atoms with E-state index in [2.05, 4.69) is 10.3 Å². The van der Waals surface area contributed by atoms with Gasteiger partial charge in [-0.1, -0.05) is 18.2 Å². The van der Waals surface area contributed by atoms with Gasteiger partial charge in [-0.15, -0.1) is 0 Å². The molecule has 0 saturated carbocycles. The quantitative estimate of drug-likeness (QED) is 0.734. The van der Waals surface area contributed by atoms with E-state index in [4.69, 9.17) is 10.8 Å². The van der Waals surface area contributed by atoms with Gasteiger partial charge in [0.15, 0.2) is 0 Å². The van der Waals surface area contributed by atoms with Crippen LogP contribution in [0.15, 0.2) is 42.5 Å². The lowest BCUT2D eigenvalue weighted by Gasteiger charge is -2.05. The van der Waals surface area contributed by atoms with Crippen LogP contribution in [0.1, 0.15) is 11.3 Å². The Bertz CT molecular complexity index is 584. The number of nitrogens with two attached hydrogens (primary N) is 1. The highest BCUT2D eigenvalue weighted by Gasteiger charge is 2.02. The number of aromatic nitrogens is 1. The number of rotatable bonds is 4. The van der Waals surface area contributed by atoms with Gasteiger partial charge in [0.25, 0.3) is 0 Å². The number of nitrogens with one attached hydrogen (secondary N) is 1. The van der Waals surface area contributed by atoms with Gasteiger partial charge in [-0.2, -0.15) is 0 Å². The SMILES string of the molecule is Nc1cccc(CCc2cccc(NC(=O)O)n2)c1. The minimum atomic E-state index is -1.11. The fourth-order valence-corrected chi connectivity index (χ4v) is 1.82. The average molecular weight is 257 g/mol. The summed E-state index contributed by atoms with van der Waals surface area (Å²) in [5.41, 5.74) is 8.44. The summed E-state index contributed by atoms with van der Waals surface area (Å²) in [5, 5.41) is 10.9. The maximum Gasteiger partial charge on any atom is 0.410 e. The van der Waals surface area contributed by atoms with Crippen molar-refractivity contribution in [2.24, 2.45) is 0 Å². The number of nitrogen functional groups attached to an aromatic ring is 1. The summed E-state index contributed by atoms with van der Waals surface area (Å²) >= 11 is 0. The molecule has 1 amide bonds. The standard InChI is InChI=1S/C14H15N3O2/c15-11-4-1-3-10(9-11)7-8-12-5-2-6-13(16-12)17-14(18)19/h1-6,9H,7-8,15H2,(H,16,17)(H,18,19). The normalized spacial score (nSPS) is 10.1. The number of carboxylic acid groups (broad SMARTS) is 1. The van der Waals surface area contributed by atoms with Crippen molar-refractivity contribution < 1.29 is 9.90 Å². The second kappa shape index (κ2) is 5.86. The highest BCUT2D eigenvalue weighted by molar-refractivity contribution is 5.81. The van der Waals surface area contributed by atoms with E-state index in [1.807, 2.05) is 30.3 Å². The van der Waals surface area contributed by atoms with Gasteiger partial charge in [-0.3, -0.25) is 5.32 Å². The summed E-state index contributed by atoms with van der Waals surface area (Å²) < 4.78 is 0.